The minimum absolute atomic E-state index is 0.194. The number of fused-ring (bicyclic) bond motifs is 1. The summed E-state index contributed by atoms with van der Waals surface area (Å²) in [5, 5.41) is 171. The van der Waals surface area contributed by atoms with Crippen molar-refractivity contribution in [3.8, 4) is 40.1 Å². The molecule has 0 unspecified atom stereocenters. The van der Waals surface area contributed by atoms with Gasteiger partial charge in [-0.15, -0.1) is 0 Å². The minimum atomic E-state index is -2.17. The summed E-state index contributed by atoms with van der Waals surface area (Å²) in [5.41, 5.74) is -1.85. The van der Waals surface area contributed by atoms with Crippen molar-refractivity contribution >= 4 is 11.0 Å². The van der Waals surface area contributed by atoms with E-state index in [9.17, 15) is 86.5 Å². The zero-order chi connectivity index (χ0) is 53.2. The molecule has 0 bridgehead atoms. The lowest BCUT2D eigenvalue weighted by molar-refractivity contribution is -0.367. The molecule has 3 aromatic rings. The number of aliphatic hydroxyl groups is 13. The predicted octanol–water partition coefficient (Wildman–Crippen LogP) is -5.48. The van der Waals surface area contributed by atoms with Crippen molar-refractivity contribution in [3.63, 3.8) is 0 Å². The van der Waals surface area contributed by atoms with Crippen LogP contribution in [-0.4, -0.2) is 242 Å². The van der Waals surface area contributed by atoms with Crippen LogP contribution in [0, 0.1) is 0 Å². The second-order valence-corrected chi connectivity index (χ2v) is 18.6. The Morgan fingerprint density at radius 3 is 1.56 bits per heavy atom. The maximum Gasteiger partial charge on any atom is 0.239 e. The van der Waals surface area contributed by atoms with Gasteiger partial charge in [0.2, 0.25) is 23.8 Å². The van der Waals surface area contributed by atoms with Crippen LogP contribution in [0.5, 0.6) is 28.7 Å². The summed E-state index contributed by atoms with van der Waals surface area (Å²) in [4.78, 5) is 14.7. The Bertz CT molecular complexity index is 2440. The Labute approximate surface area is 412 Å². The van der Waals surface area contributed by atoms with Crippen molar-refractivity contribution in [1.82, 2.24) is 0 Å². The second-order valence-electron chi connectivity index (χ2n) is 18.6. The van der Waals surface area contributed by atoms with E-state index in [1.807, 2.05) is 0 Å². The number of hydrogen-bond donors (Lipinski definition) is 16. The molecule has 0 aliphatic carbocycles. The van der Waals surface area contributed by atoms with E-state index in [4.69, 9.17) is 51.8 Å². The van der Waals surface area contributed by atoms with E-state index in [1.54, 1.807) is 0 Å². The smallest absolute Gasteiger partial charge is 0.239 e. The normalized spacial score (nSPS) is 43.4. The Kier molecular flexibility index (Phi) is 16.4. The number of phenolic OH excluding ortho intramolecular Hbond substituents is 3. The minimum Gasteiger partial charge on any atom is -0.507 e. The van der Waals surface area contributed by atoms with Crippen LogP contribution >= 0.6 is 0 Å². The summed E-state index contributed by atoms with van der Waals surface area (Å²) in [6.07, 6.45) is -42.4. The third kappa shape index (κ3) is 10.7. The largest absolute Gasteiger partial charge is 0.507 e. The highest BCUT2D eigenvalue weighted by Gasteiger charge is 2.54. The fourth-order valence-corrected chi connectivity index (χ4v) is 8.98. The van der Waals surface area contributed by atoms with Gasteiger partial charge in [-0.1, -0.05) is 0 Å². The molecule has 408 valence electrons. The first-order valence-corrected chi connectivity index (χ1v) is 23.1. The number of ether oxygens (including phenoxy) is 10. The van der Waals surface area contributed by atoms with Crippen LogP contribution < -0.4 is 14.9 Å². The molecule has 2 aromatic carbocycles. The van der Waals surface area contributed by atoms with Gasteiger partial charge in [0.15, 0.2) is 42.2 Å². The monoisotopic (exact) mass is 1050 g/mol. The Hall–Kier alpha value is -4.19. The molecular weight excluding hydrogens is 988 g/mol. The molecule has 6 heterocycles. The van der Waals surface area contributed by atoms with Crippen LogP contribution in [0.4, 0.5) is 0 Å². The van der Waals surface area contributed by atoms with Crippen LogP contribution in [0.2, 0.25) is 0 Å². The van der Waals surface area contributed by atoms with Crippen molar-refractivity contribution in [3.05, 3.63) is 40.6 Å². The van der Waals surface area contributed by atoms with Gasteiger partial charge in [-0.3, -0.25) is 4.79 Å². The fraction of sp³-hybridized carbons (Fsp3) is 0.667. The lowest BCUT2D eigenvalue weighted by Crippen LogP contribution is -2.65. The quantitative estimate of drug-likeness (QED) is 0.0753. The summed E-state index contributed by atoms with van der Waals surface area (Å²) < 4.78 is 63.7. The highest BCUT2D eigenvalue weighted by Crippen LogP contribution is 2.41. The third-order valence-corrected chi connectivity index (χ3v) is 13.5. The number of aromatic hydroxyl groups is 3. The highest BCUT2D eigenvalue weighted by molar-refractivity contribution is 5.88. The first-order valence-electron chi connectivity index (χ1n) is 23.1. The van der Waals surface area contributed by atoms with Gasteiger partial charge in [0.1, 0.15) is 114 Å². The van der Waals surface area contributed by atoms with Crippen LogP contribution in [0.3, 0.4) is 0 Å². The molecule has 8 rings (SSSR count). The van der Waals surface area contributed by atoms with Crippen molar-refractivity contribution in [2.24, 2.45) is 0 Å². The number of aliphatic hydroxyl groups excluding tert-OH is 13. The Morgan fingerprint density at radius 1 is 0.466 bits per heavy atom. The predicted molar refractivity (Wildman–Crippen MR) is 234 cm³/mol. The molecule has 0 radical (unpaired) electrons. The summed E-state index contributed by atoms with van der Waals surface area (Å²) in [5.74, 6) is -3.95. The zero-order valence-corrected chi connectivity index (χ0v) is 39.1. The Balaban J connectivity index is 1.13. The average Bonchev–Trinajstić information content (AvgIpc) is 3.35. The number of hydrogen-bond acceptors (Lipinski definition) is 28. The third-order valence-electron chi connectivity index (χ3n) is 13.5. The van der Waals surface area contributed by atoms with Crippen LogP contribution in [-0.2, 0) is 37.9 Å². The van der Waals surface area contributed by atoms with E-state index in [1.165, 1.54) is 27.7 Å². The van der Waals surface area contributed by atoms with E-state index in [-0.39, 0.29) is 11.3 Å². The average molecular weight is 1050 g/mol. The number of phenols is 3. The molecule has 0 saturated carbocycles. The van der Waals surface area contributed by atoms with Crippen molar-refractivity contribution < 1.29 is 133 Å². The molecule has 0 spiro atoms. The van der Waals surface area contributed by atoms with E-state index >= 15 is 0 Å². The molecule has 5 saturated heterocycles. The van der Waals surface area contributed by atoms with Gasteiger partial charge in [0.25, 0.3) is 0 Å². The van der Waals surface area contributed by atoms with Crippen molar-refractivity contribution in [2.45, 2.75) is 181 Å². The molecular formula is C45H60O28. The highest BCUT2D eigenvalue weighted by atomic mass is 16.8. The lowest BCUT2D eigenvalue weighted by atomic mass is 9.97. The number of benzene rings is 2. The van der Waals surface area contributed by atoms with Gasteiger partial charge in [0, 0.05) is 17.7 Å². The van der Waals surface area contributed by atoms with E-state index in [0.717, 1.165) is 30.3 Å². The maximum atomic E-state index is 14.7. The van der Waals surface area contributed by atoms with Crippen LogP contribution in [0.25, 0.3) is 22.3 Å². The number of rotatable bonds is 12. The van der Waals surface area contributed by atoms with Gasteiger partial charge in [-0.25, -0.2) is 0 Å². The molecule has 73 heavy (non-hydrogen) atoms. The summed E-state index contributed by atoms with van der Waals surface area (Å²) in [7, 11) is 0. The summed E-state index contributed by atoms with van der Waals surface area (Å²) in [6.45, 7) is 4.62. The molecule has 28 heteroatoms. The van der Waals surface area contributed by atoms with Crippen molar-refractivity contribution in [2.75, 3.05) is 6.61 Å². The van der Waals surface area contributed by atoms with Gasteiger partial charge >= 0.3 is 0 Å². The molecule has 28 nitrogen and oxygen atoms in total. The van der Waals surface area contributed by atoms with Gasteiger partial charge < -0.3 is 133 Å². The molecule has 16 N–H and O–H groups in total. The van der Waals surface area contributed by atoms with Crippen LogP contribution in [0.1, 0.15) is 27.7 Å². The van der Waals surface area contributed by atoms with Crippen LogP contribution in [0.15, 0.2) is 39.5 Å². The summed E-state index contributed by atoms with van der Waals surface area (Å²) >= 11 is 0. The first-order chi connectivity index (χ1) is 34.4. The maximum absolute atomic E-state index is 14.7. The Morgan fingerprint density at radius 2 is 0.986 bits per heavy atom. The van der Waals surface area contributed by atoms with E-state index < -0.39 is 205 Å². The van der Waals surface area contributed by atoms with Crippen molar-refractivity contribution in [1.29, 1.82) is 0 Å². The molecule has 5 aliphatic rings. The first kappa shape index (κ1) is 55.1. The molecule has 5 aliphatic heterocycles. The van der Waals surface area contributed by atoms with E-state index in [0.29, 0.717) is 0 Å². The van der Waals surface area contributed by atoms with Gasteiger partial charge in [-0.2, -0.15) is 0 Å². The molecule has 0 amide bonds. The molecule has 1 aromatic heterocycles. The van der Waals surface area contributed by atoms with Gasteiger partial charge in [-0.05, 0) is 45.9 Å². The zero-order valence-electron chi connectivity index (χ0n) is 39.1. The standard InChI is InChI=1S/C45H60O28/c1-11-23(49)29(55)33(59)42(65-11)68-16-8-19(48)22-20(9-16)69-37(15-5-6-17(46)18(47)7-15)39(28(22)54)72-45-40(73-44-35(61)31(57)25(51)13(3)67-44)32(58)27(53)21(70-45)10-63-41-36(62)38(26(52)14(4)64-41)71-43-34(60)30(56)24(50)12(2)66-43/h5-9,11-14,21,23-27,29-36,38,40-53,55-62H,10H2,1-4H3/t11-,12+,13-,14+,21+,23-,24+,25-,26+,27-,29+,30-,31+,32-,33+,34-,35+,36-,38-,40+,41-,42-,43+,44-,45-/m0/s1. The van der Waals surface area contributed by atoms with Gasteiger partial charge in [0.05, 0.1) is 31.0 Å². The molecule has 25 atom stereocenters. The summed E-state index contributed by atoms with van der Waals surface area (Å²) in [6, 6.07) is 5.08. The molecule has 5 fully saturated rings. The second kappa shape index (κ2) is 21.8. The van der Waals surface area contributed by atoms with E-state index in [2.05, 4.69) is 0 Å². The fourth-order valence-electron chi connectivity index (χ4n) is 8.98. The lowest BCUT2D eigenvalue weighted by Gasteiger charge is -2.47. The SMILES string of the molecule is C[C@@H]1O[C@@H](Oc2cc(O)c3c(=O)c(O[C@@H]4O[C@H](CO[C@H]5O[C@H](C)[C@@H](O)[C@H](O[C@H]6O[C@H](C)[C@@H](O)[C@H](O)[C@@H]6O)[C@@H]5O)[C@H](O)[C@H](O)[C@H]4O[C@@H]4O[C@@H](C)[C@H](O)[C@@H](O)[C@H]4O)c(-c4ccc(O)c(O)c4)oc3c2)[C@H](O)[C@H](O)[C@H]1O. The topological polar surface area (TPSA) is 446 Å².